The maximum atomic E-state index is 13.2. The van der Waals surface area contributed by atoms with Crippen LogP contribution in [0.25, 0.3) is 0 Å². The van der Waals surface area contributed by atoms with E-state index in [9.17, 15) is 27.7 Å². The van der Waals surface area contributed by atoms with Gasteiger partial charge in [-0.25, -0.2) is 8.42 Å². The Kier molecular flexibility index (Phi) is 37.4. The lowest BCUT2D eigenvalue weighted by atomic mass is 9.96. The normalized spacial score (nSPS) is 12.2. The van der Waals surface area contributed by atoms with Gasteiger partial charge in [0.2, 0.25) is 16.4 Å². The number of rotatable bonds is 35. The van der Waals surface area contributed by atoms with Crippen molar-refractivity contribution in [3.8, 4) is 0 Å². The summed E-state index contributed by atoms with van der Waals surface area (Å²) in [5.41, 5.74) is 0. The predicted octanol–water partition coefficient (Wildman–Crippen LogP) is 8.45. The Hall–Kier alpha value is -0.870. The van der Waals surface area contributed by atoms with Crippen molar-refractivity contribution in [1.29, 1.82) is 0 Å². The van der Waals surface area contributed by atoms with E-state index >= 15 is 0 Å². The summed E-state index contributed by atoms with van der Waals surface area (Å²) >= 11 is 0. The van der Waals surface area contributed by atoms with Crippen LogP contribution in [0, 0.1) is 0 Å². The van der Waals surface area contributed by atoms with Crippen LogP contribution in [0.15, 0.2) is 0 Å². The summed E-state index contributed by atoms with van der Waals surface area (Å²) in [5.74, 6) is 0.219. The van der Waals surface area contributed by atoms with Crippen LogP contribution in [0.4, 0.5) is 0 Å². The first-order chi connectivity index (χ1) is 22.7. The van der Waals surface area contributed by atoms with Gasteiger partial charge in [-0.3, -0.25) is 13.8 Å². The number of ketones is 2. The summed E-state index contributed by atoms with van der Waals surface area (Å²) in [4.78, 5) is 27.3. The smallest absolute Gasteiger partial charge is 0.217 e. The number of carbonyl (C=O) groups is 2. The second kappa shape index (κ2) is 36.4. The molecule has 0 aliphatic rings. The zero-order chi connectivity index (χ0) is 35.4. The summed E-state index contributed by atoms with van der Waals surface area (Å²) in [7, 11) is -3.60. The summed E-state index contributed by atoms with van der Waals surface area (Å²) in [6.07, 6.45) is 34.6. The minimum atomic E-state index is -4.41. The molecule has 8 nitrogen and oxygen atoms in total. The molecule has 0 heterocycles. The van der Waals surface area contributed by atoms with E-state index in [2.05, 4.69) is 18.0 Å². The Bertz CT molecular complexity index is 749. The molecule has 282 valence electrons. The number of aliphatic hydroxyl groups excluding tert-OH is 1. The molecule has 2 N–H and O–H groups in total. The molecule has 0 radical (unpaired) electrons. The van der Waals surface area contributed by atoms with Gasteiger partial charge in [-0.1, -0.05) is 168 Å². The van der Waals surface area contributed by atoms with Crippen LogP contribution in [-0.2, 0) is 24.2 Å². The van der Waals surface area contributed by atoms with E-state index in [0.717, 1.165) is 37.7 Å². The average molecular weight is 692 g/mol. The number of likely N-dealkylation sites (N-methyl/N-ethyl adjacent to an activating group) is 1. The van der Waals surface area contributed by atoms with Gasteiger partial charge in [-0.2, -0.15) is 0 Å². The zero-order valence-electron chi connectivity index (χ0n) is 31.3. The third kappa shape index (κ3) is 34.8. The van der Waals surface area contributed by atoms with Crippen molar-refractivity contribution < 1.29 is 36.7 Å². The van der Waals surface area contributed by atoms with Crippen LogP contribution in [0.3, 0.4) is 0 Å². The molecule has 0 saturated heterocycles. The summed E-state index contributed by atoms with van der Waals surface area (Å²) in [6.45, 7) is 7.78. The third-order valence-electron chi connectivity index (χ3n) is 9.20. The third-order valence-corrected chi connectivity index (χ3v) is 9.61. The second-order valence-corrected chi connectivity index (χ2v) is 14.6. The van der Waals surface area contributed by atoms with E-state index in [1.165, 1.54) is 141 Å². The SMILES string of the molecule is CCCCCCCCCCCCCCCC(=O)C(C(=O)CCCCCCCCCCCCCCC)[NH+](CC)CCO.COS(=O)(=O)[O-]. The van der Waals surface area contributed by atoms with Crippen molar-refractivity contribution in [3.63, 3.8) is 0 Å². The van der Waals surface area contributed by atoms with Crippen molar-refractivity contribution >= 4 is 22.0 Å². The maximum Gasteiger partial charge on any atom is 0.217 e. The van der Waals surface area contributed by atoms with Crippen LogP contribution in [0.5, 0.6) is 0 Å². The van der Waals surface area contributed by atoms with Gasteiger partial charge in [-0.05, 0) is 19.8 Å². The van der Waals surface area contributed by atoms with E-state index in [-0.39, 0.29) is 18.2 Å². The molecule has 0 aromatic carbocycles. The molecule has 1 unspecified atom stereocenters. The number of nitrogens with one attached hydrogen (secondary N) is 1. The summed E-state index contributed by atoms with van der Waals surface area (Å²) in [5, 5.41) is 9.53. The second-order valence-electron chi connectivity index (χ2n) is 13.4. The van der Waals surface area contributed by atoms with E-state index in [0.29, 0.717) is 25.9 Å². The summed E-state index contributed by atoms with van der Waals surface area (Å²) < 4.78 is 31.0. The standard InChI is InChI=1S/C37H73NO3.CH4O4S/c1-4-7-9-11-13-15-17-19-21-23-25-27-29-31-35(40)37(38(6-3)33-34-39)36(41)32-30-28-26-24-22-20-18-16-14-12-10-8-5-2;1-5-6(2,3)4/h37,39H,4-34H2,1-3H3;1H3,(H,2,3,4). The van der Waals surface area contributed by atoms with Crippen LogP contribution >= 0.6 is 0 Å². The molecule has 0 aliphatic carbocycles. The molecule has 0 fully saturated rings. The summed E-state index contributed by atoms with van der Waals surface area (Å²) in [6, 6.07) is -0.568. The van der Waals surface area contributed by atoms with Crippen LogP contribution in [0.1, 0.15) is 201 Å². The van der Waals surface area contributed by atoms with Crippen molar-refractivity contribution in [3.05, 3.63) is 0 Å². The Morgan fingerprint density at radius 3 is 1.04 bits per heavy atom. The lowest BCUT2D eigenvalue weighted by Crippen LogP contribution is -3.18. The van der Waals surface area contributed by atoms with Gasteiger partial charge in [0.05, 0.1) is 20.3 Å². The molecule has 0 amide bonds. The van der Waals surface area contributed by atoms with Crippen LogP contribution in [0.2, 0.25) is 0 Å². The fourth-order valence-electron chi connectivity index (χ4n) is 6.23. The average Bonchev–Trinajstić information content (AvgIpc) is 3.05. The zero-order valence-corrected chi connectivity index (χ0v) is 32.1. The Morgan fingerprint density at radius 1 is 0.574 bits per heavy atom. The highest BCUT2D eigenvalue weighted by Crippen LogP contribution is 2.15. The minimum absolute atomic E-state index is 0.0255. The molecule has 0 saturated carbocycles. The first-order valence-corrected chi connectivity index (χ1v) is 21.0. The number of quaternary nitrogens is 1. The van der Waals surface area contributed by atoms with Gasteiger partial charge < -0.3 is 14.6 Å². The van der Waals surface area contributed by atoms with Gasteiger partial charge >= 0.3 is 0 Å². The quantitative estimate of drug-likeness (QED) is 0.0296. The highest BCUT2D eigenvalue weighted by Gasteiger charge is 2.34. The van der Waals surface area contributed by atoms with Gasteiger partial charge in [0.15, 0.2) is 11.6 Å². The fourth-order valence-corrected chi connectivity index (χ4v) is 6.23. The highest BCUT2D eigenvalue weighted by molar-refractivity contribution is 7.80. The van der Waals surface area contributed by atoms with E-state index in [4.69, 9.17) is 0 Å². The number of aliphatic hydroxyl groups is 1. The van der Waals surface area contributed by atoms with Crippen LogP contribution < -0.4 is 4.90 Å². The van der Waals surface area contributed by atoms with Crippen molar-refractivity contribution in [1.82, 2.24) is 0 Å². The minimum Gasteiger partial charge on any atom is -0.726 e. The molecule has 1 atom stereocenters. The molecular weight excluding hydrogens is 614 g/mol. The Balaban J connectivity index is 0. The van der Waals surface area contributed by atoms with Gasteiger partial charge in [-0.15, -0.1) is 0 Å². The maximum absolute atomic E-state index is 13.2. The van der Waals surface area contributed by atoms with E-state index < -0.39 is 16.4 Å². The van der Waals surface area contributed by atoms with Gasteiger partial charge in [0, 0.05) is 12.8 Å². The monoisotopic (exact) mass is 692 g/mol. The number of hydrogen-bond donors (Lipinski definition) is 2. The van der Waals surface area contributed by atoms with E-state index in [1.54, 1.807) is 0 Å². The number of hydrogen-bond acceptors (Lipinski definition) is 7. The number of unbranched alkanes of at least 4 members (excludes halogenated alkanes) is 24. The largest absolute Gasteiger partial charge is 0.726 e. The molecule has 47 heavy (non-hydrogen) atoms. The molecule has 0 aliphatic heterocycles. The predicted molar refractivity (Wildman–Crippen MR) is 195 cm³/mol. The first kappa shape index (κ1) is 48.2. The lowest BCUT2D eigenvalue weighted by molar-refractivity contribution is -0.905. The van der Waals surface area contributed by atoms with E-state index in [1.807, 2.05) is 6.92 Å². The van der Waals surface area contributed by atoms with Crippen molar-refractivity contribution in [2.24, 2.45) is 0 Å². The number of Topliss-reactive ketones (excluding diaryl/α,β-unsaturated/α-hetero) is 2. The topological polar surface area (TPSA) is 125 Å². The number of carbonyl (C=O) groups excluding carboxylic acids is 2. The molecular formula is C38H77NO7S. The van der Waals surface area contributed by atoms with Crippen molar-refractivity contribution in [2.75, 3.05) is 26.8 Å². The van der Waals surface area contributed by atoms with Crippen molar-refractivity contribution in [2.45, 2.75) is 207 Å². The fraction of sp³-hybridized carbons (Fsp3) is 0.947. The Labute approximate surface area is 291 Å². The molecule has 0 bridgehead atoms. The van der Waals surface area contributed by atoms with Gasteiger partial charge in [0.1, 0.15) is 6.54 Å². The van der Waals surface area contributed by atoms with Crippen LogP contribution in [-0.4, -0.2) is 62.5 Å². The molecule has 0 aromatic rings. The molecule has 0 rings (SSSR count). The highest BCUT2D eigenvalue weighted by atomic mass is 32.3. The molecule has 9 heteroatoms. The van der Waals surface area contributed by atoms with Gasteiger partial charge in [0.25, 0.3) is 0 Å². The molecule has 0 spiro atoms. The Morgan fingerprint density at radius 2 is 0.830 bits per heavy atom. The lowest BCUT2D eigenvalue weighted by Gasteiger charge is -2.25. The molecule has 0 aromatic heterocycles. The first-order valence-electron chi connectivity index (χ1n) is 19.7.